The molecule has 18 heavy (non-hydrogen) atoms. The fourth-order valence-corrected chi connectivity index (χ4v) is 1.43. The normalized spacial score (nSPS) is 10.6. The minimum atomic E-state index is -0.305. The van der Waals surface area contributed by atoms with Crippen molar-refractivity contribution in [3.05, 3.63) is 42.0 Å². The standard InChI is InChI=1S/C14H19NO3/c1-3-18-14(16)8-5-9-15-11-12-6-4-7-13(10-12)17-2/h4-8,10,15H,3,9,11H2,1-2H3/b8-5+. The number of nitrogens with one attached hydrogen (secondary N) is 1. The summed E-state index contributed by atoms with van der Waals surface area (Å²) in [5, 5.41) is 3.20. The number of methoxy groups -OCH3 is 1. The zero-order valence-electron chi connectivity index (χ0n) is 10.8. The van der Waals surface area contributed by atoms with Crippen molar-refractivity contribution in [1.82, 2.24) is 5.32 Å². The van der Waals surface area contributed by atoms with Gasteiger partial charge in [-0.05, 0) is 24.6 Å². The molecule has 0 radical (unpaired) electrons. The van der Waals surface area contributed by atoms with Crippen LogP contribution in [0.5, 0.6) is 5.75 Å². The molecule has 0 unspecified atom stereocenters. The molecule has 0 aromatic heterocycles. The van der Waals surface area contributed by atoms with Crippen LogP contribution in [0, 0.1) is 0 Å². The second-order valence-electron chi connectivity index (χ2n) is 3.64. The molecular weight excluding hydrogens is 230 g/mol. The third-order valence-electron chi connectivity index (χ3n) is 2.27. The van der Waals surface area contributed by atoms with E-state index in [4.69, 9.17) is 9.47 Å². The first-order valence-corrected chi connectivity index (χ1v) is 5.93. The highest BCUT2D eigenvalue weighted by atomic mass is 16.5. The van der Waals surface area contributed by atoms with E-state index in [1.165, 1.54) is 6.08 Å². The molecule has 98 valence electrons. The van der Waals surface area contributed by atoms with Crippen LogP contribution < -0.4 is 10.1 Å². The number of ether oxygens (including phenoxy) is 2. The van der Waals surface area contributed by atoms with Crippen LogP contribution in [-0.4, -0.2) is 26.2 Å². The zero-order chi connectivity index (χ0) is 13.2. The van der Waals surface area contributed by atoms with E-state index >= 15 is 0 Å². The lowest BCUT2D eigenvalue weighted by molar-refractivity contribution is -0.137. The molecule has 4 nitrogen and oxygen atoms in total. The van der Waals surface area contributed by atoms with Crippen LogP contribution in [0.2, 0.25) is 0 Å². The molecule has 1 aromatic rings. The van der Waals surface area contributed by atoms with Crippen LogP contribution in [0.25, 0.3) is 0 Å². The van der Waals surface area contributed by atoms with Crippen LogP contribution in [0.3, 0.4) is 0 Å². The Kier molecular flexibility index (Phi) is 6.58. The summed E-state index contributed by atoms with van der Waals surface area (Å²) in [5.74, 6) is 0.539. The fraction of sp³-hybridized carbons (Fsp3) is 0.357. The van der Waals surface area contributed by atoms with Gasteiger partial charge in [0.1, 0.15) is 5.75 Å². The van der Waals surface area contributed by atoms with Crippen molar-refractivity contribution in [1.29, 1.82) is 0 Å². The Hall–Kier alpha value is -1.81. The second kappa shape index (κ2) is 8.31. The monoisotopic (exact) mass is 249 g/mol. The van der Waals surface area contributed by atoms with Crippen molar-refractivity contribution in [3.8, 4) is 5.75 Å². The van der Waals surface area contributed by atoms with Crippen molar-refractivity contribution < 1.29 is 14.3 Å². The fourth-order valence-electron chi connectivity index (χ4n) is 1.43. The van der Waals surface area contributed by atoms with Crippen molar-refractivity contribution in [2.24, 2.45) is 0 Å². The largest absolute Gasteiger partial charge is 0.497 e. The van der Waals surface area contributed by atoms with Gasteiger partial charge in [-0.1, -0.05) is 18.2 Å². The summed E-state index contributed by atoms with van der Waals surface area (Å²) in [6.07, 6.45) is 3.18. The van der Waals surface area contributed by atoms with Gasteiger partial charge in [0.05, 0.1) is 13.7 Å². The Balaban J connectivity index is 2.27. The molecule has 0 spiro atoms. The molecule has 0 fully saturated rings. The first kappa shape index (κ1) is 14.3. The first-order chi connectivity index (χ1) is 8.76. The summed E-state index contributed by atoms with van der Waals surface area (Å²) in [6, 6.07) is 7.85. The van der Waals surface area contributed by atoms with E-state index < -0.39 is 0 Å². The van der Waals surface area contributed by atoms with Crippen LogP contribution in [0.15, 0.2) is 36.4 Å². The van der Waals surface area contributed by atoms with Gasteiger partial charge in [-0.2, -0.15) is 0 Å². The molecule has 0 atom stereocenters. The van der Waals surface area contributed by atoms with E-state index in [9.17, 15) is 4.79 Å². The van der Waals surface area contributed by atoms with E-state index in [1.807, 2.05) is 24.3 Å². The zero-order valence-corrected chi connectivity index (χ0v) is 10.8. The number of benzene rings is 1. The Labute approximate surface area is 108 Å². The lowest BCUT2D eigenvalue weighted by atomic mass is 10.2. The van der Waals surface area contributed by atoms with E-state index in [2.05, 4.69) is 5.32 Å². The Morgan fingerprint density at radius 2 is 2.28 bits per heavy atom. The van der Waals surface area contributed by atoms with Crippen LogP contribution >= 0.6 is 0 Å². The van der Waals surface area contributed by atoms with Gasteiger partial charge < -0.3 is 14.8 Å². The van der Waals surface area contributed by atoms with E-state index in [0.29, 0.717) is 13.2 Å². The van der Waals surface area contributed by atoms with E-state index in [0.717, 1.165) is 17.9 Å². The van der Waals surface area contributed by atoms with Gasteiger partial charge in [0.2, 0.25) is 0 Å². The molecule has 0 saturated heterocycles. The van der Waals surface area contributed by atoms with Crippen LogP contribution in [-0.2, 0) is 16.1 Å². The summed E-state index contributed by atoms with van der Waals surface area (Å²) in [6.45, 7) is 3.54. The molecule has 1 rings (SSSR count). The topological polar surface area (TPSA) is 47.6 Å². The van der Waals surface area contributed by atoms with Crippen molar-refractivity contribution >= 4 is 5.97 Å². The Morgan fingerprint density at radius 3 is 3.00 bits per heavy atom. The smallest absolute Gasteiger partial charge is 0.330 e. The number of carbonyl (C=O) groups is 1. The van der Waals surface area contributed by atoms with Crippen molar-refractivity contribution in [3.63, 3.8) is 0 Å². The Bertz CT molecular complexity index is 402. The van der Waals surface area contributed by atoms with Gasteiger partial charge in [-0.15, -0.1) is 0 Å². The van der Waals surface area contributed by atoms with E-state index in [-0.39, 0.29) is 5.97 Å². The van der Waals surface area contributed by atoms with Crippen molar-refractivity contribution in [2.75, 3.05) is 20.3 Å². The first-order valence-electron chi connectivity index (χ1n) is 5.93. The molecule has 0 aliphatic rings. The molecule has 0 bridgehead atoms. The molecule has 1 aromatic carbocycles. The molecule has 4 heteroatoms. The third kappa shape index (κ3) is 5.50. The lowest BCUT2D eigenvalue weighted by Crippen LogP contribution is -2.13. The number of carbonyl (C=O) groups excluding carboxylic acids is 1. The molecule has 0 aliphatic heterocycles. The average Bonchev–Trinajstić information content (AvgIpc) is 2.39. The molecule has 0 amide bonds. The maximum atomic E-state index is 11.0. The predicted octanol–water partition coefficient (Wildman–Crippen LogP) is 1.90. The maximum Gasteiger partial charge on any atom is 0.330 e. The predicted molar refractivity (Wildman–Crippen MR) is 70.5 cm³/mol. The van der Waals surface area contributed by atoms with Gasteiger partial charge in [-0.25, -0.2) is 4.79 Å². The van der Waals surface area contributed by atoms with Gasteiger partial charge >= 0.3 is 5.97 Å². The summed E-state index contributed by atoms with van der Waals surface area (Å²) in [4.78, 5) is 11.0. The maximum absolute atomic E-state index is 11.0. The molecule has 1 N–H and O–H groups in total. The van der Waals surface area contributed by atoms with E-state index in [1.54, 1.807) is 20.1 Å². The Morgan fingerprint density at radius 1 is 1.44 bits per heavy atom. The molecule has 0 aliphatic carbocycles. The van der Waals surface area contributed by atoms with Crippen molar-refractivity contribution in [2.45, 2.75) is 13.5 Å². The summed E-state index contributed by atoms with van der Waals surface area (Å²) >= 11 is 0. The van der Waals surface area contributed by atoms with Crippen LogP contribution in [0.1, 0.15) is 12.5 Å². The highest BCUT2D eigenvalue weighted by Crippen LogP contribution is 2.11. The summed E-state index contributed by atoms with van der Waals surface area (Å²) in [5.41, 5.74) is 1.14. The van der Waals surface area contributed by atoms with Gasteiger partial charge in [0.25, 0.3) is 0 Å². The third-order valence-corrected chi connectivity index (χ3v) is 2.27. The number of hydrogen-bond acceptors (Lipinski definition) is 4. The minimum absolute atomic E-state index is 0.305. The number of esters is 1. The lowest BCUT2D eigenvalue weighted by Gasteiger charge is -2.04. The molecule has 0 saturated carbocycles. The number of rotatable bonds is 7. The minimum Gasteiger partial charge on any atom is -0.497 e. The highest BCUT2D eigenvalue weighted by molar-refractivity contribution is 5.81. The van der Waals surface area contributed by atoms with Gasteiger partial charge in [-0.3, -0.25) is 0 Å². The van der Waals surface area contributed by atoms with Crippen LogP contribution in [0.4, 0.5) is 0 Å². The summed E-state index contributed by atoms with van der Waals surface area (Å²) < 4.78 is 9.90. The molecule has 0 heterocycles. The van der Waals surface area contributed by atoms with Gasteiger partial charge in [0, 0.05) is 19.2 Å². The highest BCUT2D eigenvalue weighted by Gasteiger charge is 1.95. The SMILES string of the molecule is CCOC(=O)/C=C/CNCc1cccc(OC)c1. The molecular formula is C14H19NO3. The second-order valence-corrected chi connectivity index (χ2v) is 3.64. The summed E-state index contributed by atoms with van der Waals surface area (Å²) in [7, 11) is 1.65. The van der Waals surface area contributed by atoms with Gasteiger partial charge in [0.15, 0.2) is 0 Å². The quantitative estimate of drug-likeness (QED) is 0.455. The number of hydrogen-bond donors (Lipinski definition) is 1. The average molecular weight is 249 g/mol.